The van der Waals surface area contributed by atoms with E-state index in [0.717, 1.165) is 22.6 Å². The molecule has 0 aliphatic carbocycles. The molecule has 0 aliphatic rings. The van der Waals surface area contributed by atoms with Crippen molar-refractivity contribution >= 4 is 58.3 Å². The summed E-state index contributed by atoms with van der Waals surface area (Å²) < 4.78 is 5.81. The Balaban J connectivity index is 1.60. The average molecular weight is 440 g/mol. The molecule has 0 saturated carbocycles. The molecule has 0 bridgehead atoms. The smallest absolute Gasteiger partial charge is 0.120 e. The molecule has 0 amide bonds. The predicted molar refractivity (Wildman–Crippen MR) is 115 cm³/mol. The Labute approximate surface area is 177 Å². The Morgan fingerprint density at radius 3 is 2.30 bits per heavy atom. The van der Waals surface area contributed by atoms with Gasteiger partial charge in [0.1, 0.15) is 12.4 Å². The lowest BCUT2D eigenvalue weighted by molar-refractivity contribution is 0.306. The highest BCUT2D eigenvalue weighted by Crippen LogP contribution is 2.25. The van der Waals surface area contributed by atoms with Crippen molar-refractivity contribution in [1.29, 1.82) is 0 Å². The van der Waals surface area contributed by atoms with Gasteiger partial charge in [0, 0.05) is 0 Å². The molecule has 0 fully saturated rings. The molecule has 138 valence electrons. The van der Waals surface area contributed by atoms with Crippen LogP contribution in [0.5, 0.6) is 5.75 Å². The number of rotatable bonds is 6. The van der Waals surface area contributed by atoms with Gasteiger partial charge in [0.2, 0.25) is 0 Å². The van der Waals surface area contributed by atoms with E-state index in [-0.39, 0.29) is 0 Å². The summed E-state index contributed by atoms with van der Waals surface area (Å²) in [7, 11) is 0. The fourth-order valence-electron chi connectivity index (χ4n) is 2.23. The number of hydrogen-bond donors (Lipinski definition) is 1. The van der Waals surface area contributed by atoms with Crippen LogP contribution in [0.4, 0.5) is 5.69 Å². The molecule has 1 N–H and O–H groups in total. The molecule has 3 nitrogen and oxygen atoms in total. The Morgan fingerprint density at radius 2 is 1.56 bits per heavy atom. The average Bonchev–Trinajstić information content (AvgIpc) is 2.66. The van der Waals surface area contributed by atoms with Gasteiger partial charge in [0.25, 0.3) is 0 Å². The lowest BCUT2D eigenvalue weighted by atomic mass is 10.2. The maximum Gasteiger partial charge on any atom is 0.120 e. The third-order valence-corrected chi connectivity index (χ3v) is 5.05. The number of hydrogen-bond acceptors (Lipinski definition) is 3. The monoisotopic (exact) mass is 438 g/mol. The first kappa shape index (κ1) is 19.8. The summed E-state index contributed by atoms with van der Waals surface area (Å²) >= 11 is 23.8. The topological polar surface area (TPSA) is 33.6 Å². The molecule has 0 aliphatic heterocycles. The standard InChI is InChI=1S/C20H14Cl4N2O/c21-17-6-4-14(9-19(17)23)12-27-16-3-1-2-13(8-16)11-25-26-15-5-7-18(22)20(24)10-15/h1-11,26H,12H2. The Hall–Kier alpha value is -1.91. The molecule has 3 aromatic carbocycles. The quantitative estimate of drug-likeness (QED) is 0.322. The second-order valence-electron chi connectivity index (χ2n) is 5.61. The number of benzene rings is 3. The van der Waals surface area contributed by atoms with Crippen molar-refractivity contribution < 1.29 is 4.74 Å². The largest absolute Gasteiger partial charge is 0.489 e. The van der Waals surface area contributed by atoms with Crippen LogP contribution in [-0.4, -0.2) is 6.21 Å². The van der Waals surface area contributed by atoms with Crippen LogP contribution in [-0.2, 0) is 6.61 Å². The highest BCUT2D eigenvalue weighted by atomic mass is 35.5. The Kier molecular flexibility index (Phi) is 6.86. The minimum Gasteiger partial charge on any atom is -0.489 e. The van der Waals surface area contributed by atoms with Gasteiger partial charge < -0.3 is 4.74 Å². The van der Waals surface area contributed by atoms with Crippen molar-refractivity contribution in [2.45, 2.75) is 6.61 Å². The van der Waals surface area contributed by atoms with E-state index in [1.54, 1.807) is 36.5 Å². The normalized spacial score (nSPS) is 11.0. The second-order valence-corrected chi connectivity index (χ2v) is 7.24. The van der Waals surface area contributed by atoms with E-state index in [1.807, 2.05) is 30.3 Å². The molecule has 0 unspecified atom stereocenters. The molecule has 0 spiro atoms. The summed E-state index contributed by atoms with van der Waals surface area (Å²) in [5.74, 6) is 0.722. The van der Waals surface area contributed by atoms with Crippen LogP contribution in [0.1, 0.15) is 11.1 Å². The summed E-state index contributed by atoms with van der Waals surface area (Å²) in [6.45, 7) is 0.388. The Morgan fingerprint density at radius 1 is 0.815 bits per heavy atom. The van der Waals surface area contributed by atoms with Crippen LogP contribution in [0.25, 0.3) is 0 Å². The molecular formula is C20H14Cl4N2O. The third-order valence-electron chi connectivity index (χ3n) is 3.57. The molecule has 0 atom stereocenters. The molecule has 0 aromatic heterocycles. The fraction of sp³-hybridized carbons (Fsp3) is 0.0500. The van der Waals surface area contributed by atoms with Crippen molar-refractivity contribution in [1.82, 2.24) is 0 Å². The van der Waals surface area contributed by atoms with Crippen LogP contribution >= 0.6 is 46.4 Å². The summed E-state index contributed by atoms with van der Waals surface area (Å²) in [5.41, 5.74) is 5.47. The summed E-state index contributed by atoms with van der Waals surface area (Å²) in [6.07, 6.45) is 1.69. The van der Waals surface area contributed by atoms with E-state index in [0.29, 0.717) is 26.7 Å². The summed E-state index contributed by atoms with van der Waals surface area (Å²) in [5, 5.41) is 6.19. The van der Waals surface area contributed by atoms with Gasteiger partial charge in [-0.25, -0.2) is 0 Å². The van der Waals surface area contributed by atoms with E-state index >= 15 is 0 Å². The number of ether oxygens (including phenoxy) is 1. The zero-order chi connectivity index (χ0) is 19.2. The minimum atomic E-state index is 0.388. The van der Waals surface area contributed by atoms with Crippen molar-refractivity contribution in [2.24, 2.45) is 5.10 Å². The van der Waals surface area contributed by atoms with Gasteiger partial charge in [0.05, 0.1) is 32.0 Å². The Bertz CT molecular complexity index is 976. The van der Waals surface area contributed by atoms with Crippen LogP contribution in [0.3, 0.4) is 0 Å². The summed E-state index contributed by atoms with van der Waals surface area (Å²) in [6, 6.07) is 18.2. The highest BCUT2D eigenvalue weighted by Gasteiger charge is 2.02. The molecule has 0 saturated heterocycles. The van der Waals surface area contributed by atoms with Crippen molar-refractivity contribution in [3.8, 4) is 5.75 Å². The van der Waals surface area contributed by atoms with Gasteiger partial charge in [-0.1, -0.05) is 64.6 Å². The maximum atomic E-state index is 6.02. The minimum absolute atomic E-state index is 0.388. The van der Waals surface area contributed by atoms with E-state index in [2.05, 4.69) is 10.5 Å². The number of nitrogens with one attached hydrogen (secondary N) is 1. The van der Waals surface area contributed by atoms with Crippen LogP contribution in [0, 0.1) is 0 Å². The van der Waals surface area contributed by atoms with Gasteiger partial charge >= 0.3 is 0 Å². The third kappa shape index (κ3) is 5.78. The van der Waals surface area contributed by atoms with Crippen molar-refractivity contribution in [2.75, 3.05) is 5.43 Å². The lowest BCUT2D eigenvalue weighted by Gasteiger charge is -2.08. The highest BCUT2D eigenvalue weighted by molar-refractivity contribution is 6.42. The maximum absolute atomic E-state index is 6.02. The molecule has 7 heteroatoms. The van der Waals surface area contributed by atoms with Gasteiger partial charge in [0.15, 0.2) is 0 Å². The van der Waals surface area contributed by atoms with Crippen LogP contribution in [0.2, 0.25) is 20.1 Å². The first-order valence-corrected chi connectivity index (χ1v) is 9.43. The van der Waals surface area contributed by atoms with Gasteiger partial charge in [-0.15, -0.1) is 0 Å². The van der Waals surface area contributed by atoms with E-state index < -0.39 is 0 Å². The van der Waals surface area contributed by atoms with Crippen LogP contribution in [0.15, 0.2) is 65.8 Å². The molecule has 0 radical (unpaired) electrons. The molecule has 3 rings (SSSR count). The van der Waals surface area contributed by atoms with Gasteiger partial charge in [-0.3, -0.25) is 5.43 Å². The first-order chi connectivity index (χ1) is 13.0. The van der Waals surface area contributed by atoms with E-state index in [4.69, 9.17) is 51.1 Å². The lowest BCUT2D eigenvalue weighted by Crippen LogP contribution is -1.96. The fourth-order valence-corrected chi connectivity index (χ4v) is 2.85. The van der Waals surface area contributed by atoms with Crippen molar-refractivity contribution in [3.63, 3.8) is 0 Å². The SMILES string of the molecule is Clc1ccc(COc2cccc(C=NNc3ccc(Cl)c(Cl)c3)c2)cc1Cl. The predicted octanol–water partition coefficient (Wildman–Crippen LogP) is 7.33. The molecule has 0 heterocycles. The van der Waals surface area contributed by atoms with Gasteiger partial charge in [-0.05, 0) is 53.6 Å². The number of halogens is 4. The zero-order valence-electron chi connectivity index (χ0n) is 13.9. The van der Waals surface area contributed by atoms with Crippen LogP contribution < -0.4 is 10.2 Å². The van der Waals surface area contributed by atoms with Crippen molar-refractivity contribution in [3.05, 3.63) is 91.9 Å². The summed E-state index contributed by atoms with van der Waals surface area (Å²) in [4.78, 5) is 0. The number of nitrogens with zero attached hydrogens (tertiary/aromatic N) is 1. The van der Waals surface area contributed by atoms with E-state index in [1.165, 1.54) is 0 Å². The number of hydrazone groups is 1. The molecular weight excluding hydrogens is 426 g/mol. The zero-order valence-corrected chi connectivity index (χ0v) is 16.9. The van der Waals surface area contributed by atoms with E-state index in [9.17, 15) is 0 Å². The number of anilines is 1. The molecule has 27 heavy (non-hydrogen) atoms. The van der Waals surface area contributed by atoms with Gasteiger partial charge in [-0.2, -0.15) is 5.10 Å². The first-order valence-electron chi connectivity index (χ1n) is 7.92. The molecule has 3 aromatic rings. The second kappa shape index (κ2) is 9.34.